The Morgan fingerprint density at radius 3 is 1.74 bits per heavy atom. The molecular weight excluding hydrogens is 446 g/mol. The Bertz CT molecular complexity index is 1200. The van der Waals surface area contributed by atoms with Crippen LogP contribution in [-0.2, 0) is 17.7 Å². The molecule has 34 heavy (non-hydrogen) atoms. The van der Waals surface area contributed by atoms with Crippen LogP contribution in [0.5, 0.6) is 0 Å². The summed E-state index contributed by atoms with van der Waals surface area (Å²) in [4.78, 5) is 0. The van der Waals surface area contributed by atoms with Crippen molar-refractivity contribution in [3.63, 3.8) is 0 Å². The summed E-state index contributed by atoms with van der Waals surface area (Å²) in [6, 6.07) is 20.7. The third-order valence-corrected chi connectivity index (χ3v) is 14.3. The molecule has 0 N–H and O–H groups in total. The fraction of sp³-hybridized carbons (Fsp3) is 0.375. The highest BCUT2D eigenvalue weighted by molar-refractivity contribution is 7.85. The van der Waals surface area contributed by atoms with Gasteiger partial charge in [0, 0.05) is 11.3 Å². The van der Waals surface area contributed by atoms with Gasteiger partial charge in [-0.3, -0.25) is 0 Å². The quantitative estimate of drug-likeness (QED) is 0.246. The molecule has 3 aromatic carbocycles. The lowest BCUT2D eigenvalue weighted by Gasteiger charge is -2.36. The van der Waals surface area contributed by atoms with Crippen molar-refractivity contribution in [2.24, 2.45) is 0 Å². The van der Waals surface area contributed by atoms with E-state index in [9.17, 15) is 0 Å². The Kier molecular flexibility index (Phi) is 7.06. The van der Waals surface area contributed by atoms with E-state index in [4.69, 9.17) is 0 Å². The van der Waals surface area contributed by atoms with Gasteiger partial charge in [-0.05, 0) is 77.1 Å². The highest BCUT2D eigenvalue weighted by Gasteiger charge is 2.36. The first-order valence-electron chi connectivity index (χ1n) is 12.5. The van der Waals surface area contributed by atoms with Crippen LogP contribution >= 0.6 is 15.1 Å². The summed E-state index contributed by atoms with van der Waals surface area (Å²) >= 11 is 0. The second-order valence-corrected chi connectivity index (χ2v) is 16.9. The van der Waals surface area contributed by atoms with Gasteiger partial charge in [-0.15, -0.1) is 11.1 Å². The van der Waals surface area contributed by atoms with Gasteiger partial charge in [0.15, 0.2) is 0 Å². The molecule has 4 aromatic rings. The van der Waals surface area contributed by atoms with Crippen LogP contribution in [0.15, 0.2) is 54.6 Å². The zero-order valence-corrected chi connectivity index (χ0v) is 24.3. The maximum absolute atomic E-state index is 2.47. The second kappa shape index (κ2) is 9.57. The lowest BCUT2D eigenvalue weighted by Crippen LogP contribution is -2.08. The Labute approximate surface area is 209 Å². The van der Waals surface area contributed by atoms with Gasteiger partial charge in [-0.1, -0.05) is 100 Å². The molecule has 1 aromatic heterocycles. The topological polar surface area (TPSA) is 0 Å². The van der Waals surface area contributed by atoms with Crippen LogP contribution in [0.2, 0.25) is 0 Å². The van der Waals surface area contributed by atoms with Crippen molar-refractivity contribution in [2.75, 3.05) is 0 Å². The predicted molar refractivity (Wildman–Crippen MR) is 156 cm³/mol. The van der Waals surface area contributed by atoms with E-state index in [0.717, 1.165) is 6.42 Å². The van der Waals surface area contributed by atoms with Crippen molar-refractivity contribution in [1.29, 1.82) is 0 Å². The van der Waals surface area contributed by atoms with Crippen LogP contribution in [0.3, 0.4) is 0 Å². The zero-order chi connectivity index (χ0) is 24.8. The van der Waals surface area contributed by atoms with Crippen LogP contribution in [0.4, 0.5) is 0 Å². The summed E-state index contributed by atoms with van der Waals surface area (Å²) < 4.78 is 0. The van der Waals surface area contributed by atoms with Crippen LogP contribution in [0.1, 0.15) is 59.7 Å². The molecular formula is C32H40P2. The van der Waals surface area contributed by atoms with E-state index in [-0.39, 0.29) is 20.2 Å². The molecule has 0 amide bonds. The molecule has 0 nitrogen and oxygen atoms in total. The fourth-order valence-corrected chi connectivity index (χ4v) is 15.5. The third-order valence-electron chi connectivity index (χ3n) is 6.87. The first-order chi connectivity index (χ1) is 16.0. The van der Waals surface area contributed by atoms with Gasteiger partial charge in [0.1, 0.15) is 0 Å². The van der Waals surface area contributed by atoms with Gasteiger partial charge in [-0.25, -0.2) is 0 Å². The van der Waals surface area contributed by atoms with Crippen molar-refractivity contribution in [3.05, 3.63) is 93.5 Å². The molecule has 0 radical (unpaired) electrons. The van der Waals surface area contributed by atoms with Crippen molar-refractivity contribution < 1.29 is 0 Å². The lowest BCUT2D eigenvalue weighted by atomic mass is 10.0. The minimum atomic E-state index is -0.360. The molecule has 0 aliphatic rings. The minimum absolute atomic E-state index is 0.249. The summed E-state index contributed by atoms with van der Waals surface area (Å²) in [5.41, 5.74) is 13.2. The second-order valence-electron chi connectivity index (χ2n) is 11.1. The Morgan fingerprint density at radius 2 is 1.24 bits per heavy atom. The average molecular weight is 487 g/mol. The van der Waals surface area contributed by atoms with E-state index in [1.807, 2.05) is 0 Å². The Hall–Kier alpha value is -2.00. The van der Waals surface area contributed by atoms with E-state index in [1.54, 1.807) is 21.2 Å². The van der Waals surface area contributed by atoms with Crippen molar-refractivity contribution in [2.45, 2.75) is 80.1 Å². The van der Waals surface area contributed by atoms with Crippen LogP contribution in [0.25, 0.3) is 21.2 Å². The monoisotopic (exact) mass is 486 g/mol. The molecule has 0 atom stereocenters. The zero-order valence-electron chi connectivity index (χ0n) is 22.5. The van der Waals surface area contributed by atoms with E-state index >= 15 is 0 Å². The van der Waals surface area contributed by atoms with Crippen molar-refractivity contribution in [3.8, 4) is 21.2 Å². The van der Waals surface area contributed by atoms with E-state index in [0.29, 0.717) is 0 Å². The highest BCUT2D eigenvalue weighted by atomic mass is 31.2. The number of aryl methyl sites for hydroxylation is 7. The Balaban J connectivity index is 2.01. The predicted octanol–water partition coefficient (Wildman–Crippen LogP) is 10.8. The molecule has 0 saturated heterocycles. The van der Waals surface area contributed by atoms with Gasteiger partial charge >= 0.3 is 0 Å². The average Bonchev–Trinajstić information content (AvgIpc) is 2.70. The van der Waals surface area contributed by atoms with E-state index in [2.05, 4.69) is 117 Å². The van der Waals surface area contributed by atoms with Gasteiger partial charge in [0.25, 0.3) is 0 Å². The lowest BCUT2D eigenvalue weighted by molar-refractivity contribution is 0.720. The van der Waals surface area contributed by atoms with Crippen LogP contribution < -0.4 is 0 Å². The molecule has 0 saturated carbocycles. The summed E-state index contributed by atoms with van der Waals surface area (Å²) in [5.74, 6) is 0. The molecule has 0 bridgehead atoms. The summed E-state index contributed by atoms with van der Waals surface area (Å²) in [6.45, 7) is 21.2. The molecule has 2 heteroatoms. The first kappa shape index (κ1) is 25.1. The maximum Gasteiger partial charge on any atom is 0.0652 e. The molecule has 0 fully saturated rings. The molecule has 178 valence electrons. The number of hydrogen-bond donors (Lipinski definition) is 0. The third kappa shape index (κ3) is 4.73. The first-order valence-corrected chi connectivity index (χ1v) is 15.4. The molecule has 0 spiro atoms. The SMILES string of the molecule is Cc1cc(C)c(-c2p(C(C)(C)C)[c-](-c3c(C)cc(C)cc3C)[p+]2CCc2ccccc2)c(C)c1. The molecule has 1 heterocycles. The van der Waals surface area contributed by atoms with E-state index in [1.165, 1.54) is 45.1 Å². The summed E-state index contributed by atoms with van der Waals surface area (Å²) in [7, 11) is -0.686. The molecule has 0 aliphatic heterocycles. The largest absolute Gasteiger partial charge is 0.104 e. The van der Waals surface area contributed by atoms with Gasteiger partial charge in [0.05, 0.1) is 10.1 Å². The van der Waals surface area contributed by atoms with Gasteiger partial charge in [-0.2, -0.15) is 0 Å². The van der Waals surface area contributed by atoms with Crippen LogP contribution in [0, 0.1) is 41.5 Å². The smallest absolute Gasteiger partial charge is 0.0652 e. The number of benzene rings is 3. The maximum atomic E-state index is 2.47. The standard InChI is InChI=1S/C32H40P2/c1-21-17-23(3)28(24(4)18-21)30-33(16-15-27-13-11-10-12-14-27)31(34(30)32(7,8)9)29-25(5)19-22(2)20-26(29)6/h10-14,17-20H,15-16H2,1-9H3. The molecule has 4 rings (SSSR count). The summed E-state index contributed by atoms with van der Waals surface area (Å²) in [6.07, 6.45) is 2.40. The van der Waals surface area contributed by atoms with Gasteiger partial charge < -0.3 is 0 Å². The minimum Gasteiger partial charge on any atom is -0.104 e. The fourth-order valence-electron chi connectivity index (χ4n) is 5.69. The normalized spacial score (nSPS) is 13.0. The molecule has 0 aliphatic carbocycles. The van der Waals surface area contributed by atoms with E-state index < -0.39 is 0 Å². The van der Waals surface area contributed by atoms with Crippen LogP contribution in [-0.4, -0.2) is 0 Å². The van der Waals surface area contributed by atoms with Crippen molar-refractivity contribution in [1.82, 2.24) is 0 Å². The molecule has 0 unspecified atom stereocenters. The number of hydrogen-bond acceptors (Lipinski definition) is 0. The Morgan fingerprint density at radius 1 is 0.735 bits per heavy atom. The van der Waals surface area contributed by atoms with Crippen molar-refractivity contribution >= 4 is 15.1 Å². The number of rotatable bonds is 5. The summed E-state index contributed by atoms with van der Waals surface area (Å²) in [5, 5.41) is 3.86. The highest BCUT2D eigenvalue weighted by Crippen LogP contribution is 2.77. The van der Waals surface area contributed by atoms with Gasteiger partial charge in [0.2, 0.25) is 0 Å².